The number of carbonyl (C=O) groups excluding carboxylic acids is 1. The van der Waals surface area contributed by atoms with Crippen LogP contribution in [0, 0.1) is 5.82 Å². The highest BCUT2D eigenvalue weighted by atomic mass is 35.5. The molecule has 1 aromatic heterocycles. The van der Waals surface area contributed by atoms with E-state index in [1.54, 1.807) is 38.4 Å². The number of para-hydroxylation sites is 1. The SMILES string of the molecule is CN(C)C(=O)CSc1nc2ccccc2c(=O)n1-c1ccc(F)c(Cl)c1. The molecule has 0 unspecified atom stereocenters. The number of amides is 1. The molecule has 26 heavy (non-hydrogen) atoms. The van der Waals surface area contributed by atoms with Crippen LogP contribution in [0.5, 0.6) is 0 Å². The summed E-state index contributed by atoms with van der Waals surface area (Å²) in [4.78, 5) is 30.9. The highest BCUT2D eigenvalue weighted by Gasteiger charge is 2.16. The number of nitrogens with zero attached hydrogens (tertiary/aromatic N) is 3. The van der Waals surface area contributed by atoms with Crippen molar-refractivity contribution in [3.63, 3.8) is 0 Å². The van der Waals surface area contributed by atoms with E-state index in [-0.39, 0.29) is 22.2 Å². The van der Waals surface area contributed by atoms with Gasteiger partial charge in [-0.15, -0.1) is 0 Å². The lowest BCUT2D eigenvalue weighted by molar-refractivity contribution is -0.125. The third-order valence-electron chi connectivity index (χ3n) is 3.73. The van der Waals surface area contributed by atoms with Gasteiger partial charge in [-0.25, -0.2) is 9.37 Å². The minimum Gasteiger partial charge on any atom is -0.348 e. The Labute approximate surface area is 158 Å². The summed E-state index contributed by atoms with van der Waals surface area (Å²) in [6.07, 6.45) is 0. The molecule has 0 aliphatic carbocycles. The van der Waals surface area contributed by atoms with Gasteiger partial charge in [0.15, 0.2) is 5.16 Å². The van der Waals surface area contributed by atoms with Crippen LogP contribution in [0.3, 0.4) is 0 Å². The molecular formula is C18H15ClFN3O2S. The standard InChI is InChI=1S/C18H15ClFN3O2S/c1-22(2)16(24)10-26-18-21-15-6-4-3-5-12(15)17(25)23(18)11-7-8-14(20)13(19)9-11/h3-9H,10H2,1-2H3. The molecule has 2 aromatic carbocycles. The molecule has 1 amide bonds. The molecule has 1 heterocycles. The number of thioether (sulfide) groups is 1. The van der Waals surface area contributed by atoms with Crippen molar-refractivity contribution in [3.05, 3.63) is 63.7 Å². The van der Waals surface area contributed by atoms with Crippen molar-refractivity contribution in [2.45, 2.75) is 5.16 Å². The highest BCUT2D eigenvalue weighted by molar-refractivity contribution is 7.99. The van der Waals surface area contributed by atoms with Crippen molar-refractivity contribution < 1.29 is 9.18 Å². The fourth-order valence-corrected chi connectivity index (χ4v) is 3.48. The first-order valence-electron chi connectivity index (χ1n) is 7.68. The molecule has 0 N–H and O–H groups in total. The van der Waals surface area contributed by atoms with Crippen molar-refractivity contribution in [2.24, 2.45) is 0 Å². The maximum atomic E-state index is 13.5. The highest BCUT2D eigenvalue weighted by Crippen LogP contribution is 2.24. The molecule has 0 radical (unpaired) electrons. The second-order valence-electron chi connectivity index (χ2n) is 5.73. The topological polar surface area (TPSA) is 55.2 Å². The third kappa shape index (κ3) is 3.59. The first kappa shape index (κ1) is 18.4. The van der Waals surface area contributed by atoms with Crippen LogP contribution in [-0.2, 0) is 4.79 Å². The van der Waals surface area contributed by atoms with Gasteiger partial charge in [0.1, 0.15) is 5.82 Å². The molecule has 0 saturated carbocycles. The molecule has 0 fully saturated rings. The molecule has 0 bridgehead atoms. The average Bonchev–Trinajstić information content (AvgIpc) is 2.62. The van der Waals surface area contributed by atoms with Crippen molar-refractivity contribution in [2.75, 3.05) is 19.8 Å². The lowest BCUT2D eigenvalue weighted by Gasteiger charge is -2.14. The van der Waals surface area contributed by atoms with Crippen molar-refractivity contribution in [1.82, 2.24) is 14.5 Å². The molecule has 0 saturated heterocycles. The van der Waals surface area contributed by atoms with Crippen LogP contribution in [0.25, 0.3) is 16.6 Å². The predicted molar refractivity (Wildman–Crippen MR) is 102 cm³/mol. The molecule has 134 valence electrons. The molecule has 0 atom stereocenters. The van der Waals surface area contributed by atoms with E-state index in [2.05, 4.69) is 4.98 Å². The van der Waals surface area contributed by atoms with Gasteiger partial charge in [0.25, 0.3) is 5.56 Å². The van der Waals surface area contributed by atoms with Gasteiger partial charge in [-0.1, -0.05) is 35.5 Å². The Balaban J connectivity index is 2.18. The van der Waals surface area contributed by atoms with E-state index in [0.717, 1.165) is 11.8 Å². The molecule has 8 heteroatoms. The van der Waals surface area contributed by atoms with Crippen LogP contribution in [0.2, 0.25) is 5.02 Å². The number of benzene rings is 2. The van der Waals surface area contributed by atoms with Crippen LogP contribution in [0.1, 0.15) is 0 Å². The maximum Gasteiger partial charge on any atom is 0.266 e. The first-order valence-corrected chi connectivity index (χ1v) is 9.05. The Morgan fingerprint density at radius 1 is 1.27 bits per heavy atom. The first-order chi connectivity index (χ1) is 12.4. The summed E-state index contributed by atoms with van der Waals surface area (Å²) in [6.45, 7) is 0. The number of carbonyl (C=O) groups is 1. The Bertz CT molecular complexity index is 1050. The summed E-state index contributed by atoms with van der Waals surface area (Å²) in [6, 6.07) is 11.0. The van der Waals surface area contributed by atoms with Crippen LogP contribution in [-0.4, -0.2) is 40.2 Å². The minimum atomic E-state index is -0.575. The van der Waals surface area contributed by atoms with E-state index in [4.69, 9.17) is 11.6 Å². The normalized spacial score (nSPS) is 10.9. The largest absolute Gasteiger partial charge is 0.348 e. The molecule has 0 spiro atoms. The van der Waals surface area contributed by atoms with E-state index >= 15 is 0 Å². The Morgan fingerprint density at radius 2 is 2.00 bits per heavy atom. The van der Waals surface area contributed by atoms with Crippen molar-refractivity contribution >= 4 is 40.2 Å². The number of halogens is 2. The van der Waals surface area contributed by atoms with Gasteiger partial charge < -0.3 is 4.90 Å². The molecule has 0 aliphatic heterocycles. The van der Waals surface area contributed by atoms with Gasteiger partial charge in [-0.3, -0.25) is 14.2 Å². The monoisotopic (exact) mass is 391 g/mol. The number of rotatable bonds is 4. The van der Waals surface area contributed by atoms with Gasteiger partial charge in [0.05, 0.1) is 27.4 Å². The molecule has 3 rings (SSSR count). The predicted octanol–water partition coefficient (Wildman–Crippen LogP) is 3.36. The maximum absolute atomic E-state index is 13.5. The summed E-state index contributed by atoms with van der Waals surface area (Å²) in [5, 5.41) is 0.672. The smallest absolute Gasteiger partial charge is 0.266 e. The minimum absolute atomic E-state index is 0.0946. The lowest BCUT2D eigenvalue weighted by atomic mass is 10.2. The molecule has 3 aromatic rings. The summed E-state index contributed by atoms with van der Waals surface area (Å²) < 4.78 is 14.9. The van der Waals surface area contributed by atoms with Gasteiger partial charge >= 0.3 is 0 Å². The average molecular weight is 392 g/mol. The summed E-state index contributed by atoms with van der Waals surface area (Å²) >= 11 is 7.02. The zero-order valence-corrected chi connectivity index (χ0v) is 15.6. The van der Waals surface area contributed by atoms with E-state index in [0.29, 0.717) is 21.7 Å². The Hall–Kier alpha value is -2.38. The summed E-state index contributed by atoms with van der Waals surface area (Å²) in [7, 11) is 3.31. The summed E-state index contributed by atoms with van der Waals surface area (Å²) in [5.74, 6) is -0.567. The van der Waals surface area contributed by atoms with E-state index < -0.39 is 5.82 Å². The van der Waals surface area contributed by atoms with Gasteiger partial charge in [0, 0.05) is 14.1 Å². The van der Waals surface area contributed by atoms with Crippen LogP contribution >= 0.6 is 23.4 Å². The molecular weight excluding hydrogens is 377 g/mol. The van der Waals surface area contributed by atoms with Crippen LogP contribution in [0.15, 0.2) is 52.4 Å². The number of fused-ring (bicyclic) bond motifs is 1. The molecule has 0 aliphatic rings. The van der Waals surface area contributed by atoms with Gasteiger partial charge in [-0.2, -0.15) is 0 Å². The third-order valence-corrected chi connectivity index (χ3v) is 4.94. The number of aromatic nitrogens is 2. The summed E-state index contributed by atoms with van der Waals surface area (Å²) in [5.41, 5.74) is 0.610. The Kier molecular flexibility index (Phi) is 5.29. The van der Waals surface area contributed by atoms with E-state index in [1.165, 1.54) is 27.7 Å². The zero-order chi connectivity index (χ0) is 18.8. The van der Waals surface area contributed by atoms with E-state index in [1.807, 2.05) is 0 Å². The second kappa shape index (κ2) is 7.47. The fraction of sp³-hybridized carbons (Fsp3) is 0.167. The van der Waals surface area contributed by atoms with E-state index in [9.17, 15) is 14.0 Å². The van der Waals surface area contributed by atoms with Crippen LogP contribution in [0.4, 0.5) is 4.39 Å². The fourth-order valence-electron chi connectivity index (χ4n) is 2.32. The molecule has 5 nitrogen and oxygen atoms in total. The second-order valence-corrected chi connectivity index (χ2v) is 7.08. The number of hydrogen-bond acceptors (Lipinski definition) is 4. The van der Waals surface area contributed by atoms with Gasteiger partial charge in [-0.05, 0) is 30.3 Å². The lowest BCUT2D eigenvalue weighted by Crippen LogP contribution is -2.25. The Morgan fingerprint density at radius 3 is 2.69 bits per heavy atom. The van der Waals surface area contributed by atoms with Crippen molar-refractivity contribution in [1.29, 1.82) is 0 Å². The van der Waals surface area contributed by atoms with Crippen LogP contribution < -0.4 is 5.56 Å². The quantitative estimate of drug-likeness (QED) is 0.505. The zero-order valence-electron chi connectivity index (χ0n) is 14.1. The van der Waals surface area contributed by atoms with Crippen molar-refractivity contribution in [3.8, 4) is 5.69 Å². The number of hydrogen-bond donors (Lipinski definition) is 0. The van der Waals surface area contributed by atoms with Gasteiger partial charge in [0.2, 0.25) is 5.91 Å².